The van der Waals surface area contributed by atoms with Crippen molar-refractivity contribution >= 4 is 23.5 Å². The van der Waals surface area contributed by atoms with Crippen LogP contribution in [0.15, 0.2) is 84.9 Å². The number of aliphatic carboxylic acids is 1. The Morgan fingerprint density at radius 1 is 0.930 bits per heavy atom. The predicted molar refractivity (Wildman–Crippen MR) is 158 cm³/mol. The largest absolute Gasteiger partial charge is 0.489 e. The third-order valence-corrected chi connectivity index (χ3v) is 7.56. The van der Waals surface area contributed by atoms with Crippen LogP contribution < -0.4 is 9.47 Å². The van der Waals surface area contributed by atoms with Gasteiger partial charge in [-0.2, -0.15) is 0 Å². The molecule has 0 bridgehead atoms. The van der Waals surface area contributed by atoms with Crippen molar-refractivity contribution in [1.82, 2.24) is 4.90 Å². The van der Waals surface area contributed by atoms with Crippen molar-refractivity contribution in [2.24, 2.45) is 0 Å². The summed E-state index contributed by atoms with van der Waals surface area (Å²) >= 11 is 5.82. The topological polar surface area (TPSA) is 76.1 Å². The minimum atomic E-state index is -1.11. The second-order valence-electron chi connectivity index (χ2n) is 11.0. The summed E-state index contributed by atoms with van der Waals surface area (Å²) in [4.78, 5) is 26.2. The summed E-state index contributed by atoms with van der Waals surface area (Å²) in [6.07, 6.45) is 1.08. The highest BCUT2D eigenvalue weighted by atomic mass is 35.5. The van der Waals surface area contributed by atoms with E-state index in [4.69, 9.17) is 21.1 Å². The van der Waals surface area contributed by atoms with Gasteiger partial charge >= 0.3 is 5.97 Å². The maximum absolute atomic E-state index is 14.0. The second kappa shape index (κ2) is 12.8. The lowest BCUT2D eigenvalue weighted by Crippen LogP contribution is -2.36. The third-order valence-electron chi connectivity index (χ3n) is 7.26. The first kappa shape index (κ1) is 30.0. The molecule has 1 N–H and O–H groups in total. The maximum atomic E-state index is 14.0. The van der Waals surface area contributed by atoms with E-state index in [2.05, 4.69) is 0 Å². The molecule has 0 aliphatic carbocycles. The normalized spacial score (nSPS) is 15.4. The molecule has 6 nitrogen and oxygen atoms in total. The molecule has 1 aliphatic rings. The highest BCUT2D eigenvalue weighted by Crippen LogP contribution is 2.38. The molecule has 0 fully saturated rings. The molecular formula is C34H30ClF2NO5. The Hall–Kier alpha value is -4.43. The zero-order valence-electron chi connectivity index (χ0n) is 23.5. The average Bonchev–Trinajstić information content (AvgIpc) is 3.29. The number of ether oxygens (including phenoxy) is 2. The molecule has 0 radical (unpaired) electrons. The molecule has 1 unspecified atom stereocenters. The van der Waals surface area contributed by atoms with E-state index < -0.39 is 23.9 Å². The molecule has 0 saturated heterocycles. The standard InChI is InChI=1S/C34H30ClF2NO5/c1-34(17-25-6-12-29(35)30(37)15-25)18-26-14-24(7-13-31(26)43-34)16-32(39)38(20-33(40)41)19-22-4-10-28(11-5-22)42-21-23-2-8-27(36)9-3-23/h2-15H,16-21H2,1H3,(H,40,41). The summed E-state index contributed by atoms with van der Waals surface area (Å²) in [5.41, 5.74) is 3.43. The Morgan fingerprint density at radius 3 is 2.30 bits per heavy atom. The van der Waals surface area contributed by atoms with Crippen LogP contribution in [0.5, 0.6) is 11.5 Å². The van der Waals surface area contributed by atoms with Gasteiger partial charge in [0, 0.05) is 19.4 Å². The quantitative estimate of drug-likeness (QED) is 0.204. The first-order valence-electron chi connectivity index (χ1n) is 13.8. The molecule has 1 heterocycles. The van der Waals surface area contributed by atoms with E-state index in [-0.39, 0.29) is 36.3 Å². The van der Waals surface area contributed by atoms with E-state index in [0.717, 1.165) is 27.8 Å². The minimum absolute atomic E-state index is 0.0263. The van der Waals surface area contributed by atoms with E-state index in [0.29, 0.717) is 24.3 Å². The molecule has 43 heavy (non-hydrogen) atoms. The smallest absolute Gasteiger partial charge is 0.323 e. The fourth-order valence-corrected chi connectivity index (χ4v) is 5.32. The molecule has 0 spiro atoms. The lowest BCUT2D eigenvalue weighted by molar-refractivity contribution is -0.144. The van der Waals surface area contributed by atoms with Crippen LogP contribution in [-0.4, -0.2) is 34.0 Å². The number of amides is 1. The van der Waals surface area contributed by atoms with Crippen LogP contribution in [0, 0.1) is 11.6 Å². The highest BCUT2D eigenvalue weighted by Gasteiger charge is 2.35. The van der Waals surface area contributed by atoms with E-state index in [1.165, 1.54) is 29.2 Å². The van der Waals surface area contributed by atoms with Gasteiger partial charge in [0.05, 0.1) is 11.4 Å². The van der Waals surface area contributed by atoms with Crippen molar-refractivity contribution in [2.45, 2.75) is 44.9 Å². The van der Waals surface area contributed by atoms with Gasteiger partial charge < -0.3 is 19.5 Å². The van der Waals surface area contributed by atoms with Gasteiger partial charge in [-0.15, -0.1) is 0 Å². The fourth-order valence-electron chi connectivity index (χ4n) is 5.21. The van der Waals surface area contributed by atoms with Crippen molar-refractivity contribution in [3.8, 4) is 11.5 Å². The highest BCUT2D eigenvalue weighted by molar-refractivity contribution is 6.30. The van der Waals surface area contributed by atoms with E-state index >= 15 is 0 Å². The Morgan fingerprint density at radius 2 is 1.60 bits per heavy atom. The van der Waals surface area contributed by atoms with Crippen LogP contribution >= 0.6 is 11.6 Å². The zero-order valence-corrected chi connectivity index (χ0v) is 24.2. The maximum Gasteiger partial charge on any atom is 0.323 e. The molecule has 9 heteroatoms. The Bertz CT molecular complexity index is 1630. The number of hydrogen-bond acceptors (Lipinski definition) is 4. The van der Waals surface area contributed by atoms with Crippen molar-refractivity contribution in [3.05, 3.63) is 129 Å². The summed E-state index contributed by atoms with van der Waals surface area (Å²) in [6.45, 7) is 1.91. The molecule has 4 aromatic rings. The van der Waals surface area contributed by atoms with Gasteiger partial charge in [0.1, 0.15) is 41.9 Å². The van der Waals surface area contributed by atoms with Crippen LogP contribution in [-0.2, 0) is 42.0 Å². The zero-order chi connectivity index (χ0) is 30.6. The molecule has 222 valence electrons. The Kier molecular flexibility index (Phi) is 8.97. The molecule has 1 aliphatic heterocycles. The van der Waals surface area contributed by atoms with E-state index in [9.17, 15) is 23.5 Å². The molecule has 1 amide bonds. The molecule has 5 rings (SSSR count). The summed E-state index contributed by atoms with van der Waals surface area (Å²) < 4.78 is 39.0. The number of halogens is 3. The van der Waals surface area contributed by atoms with Gasteiger partial charge in [-0.25, -0.2) is 8.78 Å². The number of carbonyl (C=O) groups is 2. The van der Waals surface area contributed by atoms with Crippen LogP contribution in [0.2, 0.25) is 5.02 Å². The van der Waals surface area contributed by atoms with Crippen LogP contribution in [0.25, 0.3) is 0 Å². The minimum Gasteiger partial charge on any atom is -0.489 e. The summed E-state index contributed by atoms with van der Waals surface area (Å²) in [7, 11) is 0. The van der Waals surface area contributed by atoms with Crippen molar-refractivity contribution in [2.75, 3.05) is 6.54 Å². The predicted octanol–water partition coefficient (Wildman–Crippen LogP) is 6.79. The number of rotatable bonds is 11. The first-order chi connectivity index (χ1) is 20.5. The Balaban J connectivity index is 1.20. The van der Waals surface area contributed by atoms with Gasteiger partial charge in [-0.3, -0.25) is 9.59 Å². The summed E-state index contributed by atoms with van der Waals surface area (Å²) in [5.74, 6) is -0.918. The monoisotopic (exact) mass is 605 g/mol. The number of nitrogens with zero attached hydrogens (tertiary/aromatic N) is 1. The van der Waals surface area contributed by atoms with Crippen molar-refractivity contribution < 1.29 is 33.0 Å². The summed E-state index contributed by atoms with van der Waals surface area (Å²) in [5, 5.41) is 9.54. The van der Waals surface area contributed by atoms with Gasteiger partial charge in [-0.1, -0.05) is 54.1 Å². The SMILES string of the molecule is CC1(Cc2ccc(Cl)c(F)c2)Cc2cc(CC(=O)N(CC(=O)O)Cc3ccc(OCc4ccc(F)cc4)cc3)ccc2O1. The molecular weight excluding hydrogens is 576 g/mol. The van der Waals surface area contributed by atoms with Crippen LogP contribution in [0.1, 0.15) is 34.7 Å². The number of carboxylic acid groups (broad SMARTS) is 1. The molecule has 0 saturated carbocycles. The van der Waals surface area contributed by atoms with E-state index in [1.54, 1.807) is 48.5 Å². The Labute approximate surface area is 253 Å². The van der Waals surface area contributed by atoms with Crippen molar-refractivity contribution in [1.29, 1.82) is 0 Å². The molecule has 0 aromatic heterocycles. The van der Waals surface area contributed by atoms with E-state index in [1.807, 2.05) is 19.1 Å². The second-order valence-corrected chi connectivity index (χ2v) is 11.4. The lowest BCUT2D eigenvalue weighted by Gasteiger charge is -2.24. The van der Waals surface area contributed by atoms with Gasteiger partial charge in [0.15, 0.2) is 0 Å². The average molecular weight is 606 g/mol. The number of carboxylic acids is 1. The summed E-state index contributed by atoms with van der Waals surface area (Å²) in [6, 6.07) is 23.3. The van der Waals surface area contributed by atoms with Gasteiger partial charge in [0.2, 0.25) is 5.91 Å². The van der Waals surface area contributed by atoms with Crippen LogP contribution in [0.4, 0.5) is 8.78 Å². The number of fused-ring (bicyclic) bond motifs is 1. The van der Waals surface area contributed by atoms with Crippen molar-refractivity contribution in [3.63, 3.8) is 0 Å². The number of hydrogen-bond donors (Lipinski definition) is 1. The first-order valence-corrected chi connectivity index (χ1v) is 14.1. The molecule has 1 atom stereocenters. The van der Waals surface area contributed by atoms with Gasteiger partial charge in [0.25, 0.3) is 0 Å². The lowest BCUT2D eigenvalue weighted by atomic mass is 9.91. The molecule has 4 aromatic carbocycles. The fraction of sp³-hybridized carbons (Fsp3) is 0.235. The number of carbonyl (C=O) groups excluding carboxylic acids is 1. The van der Waals surface area contributed by atoms with Gasteiger partial charge in [-0.05, 0) is 77.2 Å². The van der Waals surface area contributed by atoms with Crippen LogP contribution in [0.3, 0.4) is 0 Å². The number of benzene rings is 4. The third kappa shape index (κ3) is 7.90.